The summed E-state index contributed by atoms with van der Waals surface area (Å²) in [6, 6.07) is 4.00. The lowest BCUT2D eigenvalue weighted by atomic mass is 9.94. The van der Waals surface area contributed by atoms with Crippen LogP contribution >= 0.6 is 0 Å². The largest absolute Gasteiger partial charge is 0.397 e. The van der Waals surface area contributed by atoms with Gasteiger partial charge in [0.15, 0.2) is 0 Å². The molecule has 0 aliphatic carbocycles. The minimum absolute atomic E-state index is 0.517. The Kier molecular flexibility index (Phi) is 3.78. The van der Waals surface area contributed by atoms with Gasteiger partial charge < -0.3 is 20.9 Å². The zero-order valence-electron chi connectivity index (χ0n) is 11.1. The summed E-state index contributed by atoms with van der Waals surface area (Å²) in [7, 11) is 0. The van der Waals surface area contributed by atoms with E-state index in [1.165, 1.54) is 11.1 Å². The molecule has 18 heavy (non-hydrogen) atoms. The first kappa shape index (κ1) is 13.2. The molecule has 0 saturated carbocycles. The number of hydrogen-bond donors (Lipinski definition) is 3. The predicted octanol–water partition coefficient (Wildman–Crippen LogP) is 1.84. The third-order valence-corrected chi connectivity index (χ3v) is 3.70. The van der Waals surface area contributed by atoms with Crippen LogP contribution in [0, 0.1) is 13.8 Å². The molecule has 100 valence electrons. The Hall–Kier alpha value is -1.26. The molecule has 4 N–H and O–H groups in total. The quantitative estimate of drug-likeness (QED) is 0.716. The van der Waals surface area contributed by atoms with Crippen LogP contribution in [0.25, 0.3) is 0 Å². The van der Waals surface area contributed by atoms with Crippen molar-refractivity contribution in [3.05, 3.63) is 23.3 Å². The molecule has 2 rings (SSSR count). The Labute approximate surface area is 108 Å². The van der Waals surface area contributed by atoms with Gasteiger partial charge in [-0.2, -0.15) is 0 Å². The van der Waals surface area contributed by atoms with Gasteiger partial charge in [-0.05, 0) is 37.1 Å². The van der Waals surface area contributed by atoms with Gasteiger partial charge in [0.1, 0.15) is 0 Å². The molecule has 1 aromatic rings. The van der Waals surface area contributed by atoms with E-state index in [0.717, 1.165) is 11.4 Å². The van der Waals surface area contributed by atoms with Crippen LogP contribution < -0.4 is 11.1 Å². The first-order valence-corrected chi connectivity index (χ1v) is 6.41. The summed E-state index contributed by atoms with van der Waals surface area (Å²) in [6.45, 7) is 5.87. The number of rotatable bonds is 3. The maximum atomic E-state index is 10.4. The summed E-state index contributed by atoms with van der Waals surface area (Å²) >= 11 is 0. The van der Waals surface area contributed by atoms with Crippen molar-refractivity contribution in [2.45, 2.75) is 32.3 Å². The zero-order valence-corrected chi connectivity index (χ0v) is 11.1. The van der Waals surface area contributed by atoms with Gasteiger partial charge in [0.25, 0.3) is 0 Å². The van der Waals surface area contributed by atoms with Crippen molar-refractivity contribution in [1.82, 2.24) is 0 Å². The highest BCUT2D eigenvalue weighted by atomic mass is 16.5. The predicted molar refractivity (Wildman–Crippen MR) is 73.8 cm³/mol. The molecule has 4 heteroatoms. The first-order chi connectivity index (χ1) is 8.50. The van der Waals surface area contributed by atoms with Gasteiger partial charge >= 0.3 is 0 Å². The summed E-state index contributed by atoms with van der Waals surface area (Å²) in [5.41, 5.74) is 9.32. The standard InChI is InChI=1S/C14H22N2O2/c1-10-7-12(15)13(8-11(10)2)16-9-14(17)3-5-18-6-4-14/h7-8,16-17H,3-6,9,15H2,1-2H3. The molecule has 0 radical (unpaired) electrons. The van der Waals surface area contributed by atoms with Gasteiger partial charge in [-0.3, -0.25) is 0 Å². The van der Waals surface area contributed by atoms with E-state index < -0.39 is 5.60 Å². The van der Waals surface area contributed by atoms with Crippen molar-refractivity contribution in [3.63, 3.8) is 0 Å². The van der Waals surface area contributed by atoms with Gasteiger partial charge in [0, 0.05) is 32.6 Å². The molecule has 1 heterocycles. The van der Waals surface area contributed by atoms with E-state index in [9.17, 15) is 5.11 Å². The molecule has 1 saturated heterocycles. The van der Waals surface area contributed by atoms with E-state index in [0.29, 0.717) is 32.6 Å². The van der Waals surface area contributed by atoms with Gasteiger partial charge in [-0.1, -0.05) is 0 Å². The summed E-state index contributed by atoms with van der Waals surface area (Å²) in [5, 5.41) is 13.6. The fourth-order valence-corrected chi connectivity index (χ4v) is 2.18. The Bertz CT molecular complexity index is 426. The number of anilines is 2. The van der Waals surface area contributed by atoms with Crippen LogP contribution in [0.3, 0.4) is 0 Å². The molecule has 1 aliphatic heterocycles. The van der Waals surface area contributed by atoms with E-state index in [1.807, 2.05) is 19.1 Å². The van der Waals surface area contributed by atoms with Gasteiger partial charge in [0.05, 0.1) is 17.0 Å². The Morgan fingerprint density at radius 3 is 2.56 bits per heavy atom. The number of ether oxygens (including phenoxy) is 1. The number of aryl methyl sites for hydroxylation is 2. The van der Waals surface area contributed by atoms with Gasteiger partial charge in [-0.25, -0.2) is 0 Å². The Morgan fingerprint density at radius 1 is 1.28 bits per heavy atom. The maximum absolute atomic E-state index is 10.4. The smallest absolute Gasteiger partial charge is 0.0863 e. The number of nitrogen functional groups attached to an aromatic ring is 1. The van der Waals surface area contributed by atoms with E-state index in [2.05, 4.69) is 12.2 Å². The SMILES string of the molecule is Cc1cc(N)c(NCC2(O)CCOCC2)cc1C. The van der Waals surface area contributed by atoms with Gasteiger partial charge in [0.2, 0.25) is 0 Å². The zero-order chi connectivity index (χ0) is 13.2. The Balaban J connectivity index is 2.03. The second-order valence-corrected chi connectivity index (χ2v) is 5.21. The molecule has 1 aromatic carbocycles. The maximum Gasteiger partial charge on any atom is 0.0863 e. The lowest BCUT2D eigenvalue weighted by molar-refractivity contribution is -0.0543. The minimum atomic E-state index is -0.677. The van der Waals surface area contributed by atoms with Crippen LogP contribution in [0.4, 0.5) is 11.4 Å². The fraction of sp³-hybridized carbons (Fsp3) is 0.571. The highest BCUT2D eigenvalue weighted by Gasteiger charge is 2.29. The molecular formula is C14H22N2O2. The van der Waals surface area contributed by atoms with Crippen molar-refractivity contribution < 1.29 is 9.84 Å². The van der Waals surface area contributed by atoms with Crippen LogP contribution in [0.5, 0.6) is 0 Å². The number of nitrogens with one attached hydrogen (secondary N) is 1. The molecule has 0 amide bonds. The molecule has 0 bridgehead atoms. The van der Waals surface area contributed by atoms with Crippen LogP contribution in [0.1, 0.15) is 24.0 Å². The lowest BCUT2D eigenvalue weighted by Gasteiger charge is -2.32. The summed E-state index contributed by atoms with van der Waals surface area (Å²) < 4.78 is 5.26. The molecule has 0 aromatic heterocycles. The van der Waals surface area contributed by atoms with Crippen molar-refractivity contribution in [2.24, 2.45) is 0 Å². The van der Waals surface area contributed by atoms with Crippen LogP contribution in [0.2, 0.25) is 0 Å². The average molecular weight is 250 g/mol. The minimum Gasteiger partial charge on any atom is -0.397 e. The highest BCUT2D eigenvalue weighted by molar-refractivity contribution is 5.68. The molecule has 0 spiro atoms. The van der Waals surface area contributed by atoms with Crippen molar-refractivity contribution in [2.75, 3.05) is 30.8 Å². The third kappa shape index (κ3) is 2.94. The van der Waals surface area contributed by atoms with Crippen LogP contribution in [-0.2, 0) is 4.74 Å². The van der Waals surface area contributed by atoms with E-state index in [4.69, 9.17) is 10.5 Å². The van der Waals surface area contributed by atoms with Crippen LogP contribution in [-0.4, -0.2) is 30.5 Å². The number of hydrogen-bond acceptors (Lipinski definition) is 4. The van der Waals surface area contributed by atoms with Crippen LogP contribution in [0.15, 0.2) is 12.1 Å². The molecule has 0 atom stereocenters. The second-order valence-electron chi connectivity index (χ2n) is 5.21. The van der Waals surface area contributed by atoms with Crippen molar-refractivity contribution in [1.29, 1.82) is 0 Å². The summed E-state index contributed by atoms with van der Waals surface area (Å²) in [4.78, 5) is 0. The average Bonchev–Trinajstić information content (AvgIpc) is 2.33. The first-order valence-electron chi connectivity index (χ1n) is 6.41. The topological polar surface area (TPSA) is 67.5 Å². The normalized spacial score (nSPS) is 18.6. The molecular weight excluding hydrogens is 228 g/mol. The van der Waals surface area contributed by atoms with Crippen molar-refractivity contribution in [3.8, 4) is 0 Å². The monoisotopic (exact) mass is 250 g/mol. The highest BCUT2D eigenvalue weighted by Crippen LogP contribution is 2.26. The van der Waals surface area contributed by atoms with E-state index in [-0.39, 0.29) is 0 Å². The summed E-state index contributed by atoms with van der Waals surface area (Å²) in [6.07, 6.45) is 1.34. The molecule has 1 aliphatic rings. The second kappa shape index (κ2) is 5.16. The fourth-order valence-electron chi connectivity index (χ4n) is 2.18. The third-order valence-electron chi connectivity index (χ3n) is 3.70. The number of nitrogens with two attached hydrogens (primary N) is 1. The van der Waals surface area contributed by atoms with E-state index in [1.54, 1.807) is 0 Å². The molecule has 4 nitrogen and oxygen atoms in total. The summed E-state index contributed by atoms with van der Waals surface area (Å²) in [5.74, 6) is 0. The molecule has 1 fully saturated rings. The van der Waals surface area contributed by atoms with Crippen molar-refractivity contribution >= 4 is 11.4 Å². The number of aliphatic hydroxyl groups is 1. The van der Waals surface area contributed by atoms with E-state index >= 15 is 0 Å². The lowest BCUT2D eigenvalue weighted by Crippen LogP contribution is -2.42. The number of benzene rings is 1. The Morgan fingerprint density at radius 2 is 1.89 bits per heavy atom. The van der Waals surface area contributed by atoms with Gasteiger partial charge in [-0.15, -0.1) is 0 Å². The molecule has 0 unspecified atom stereocenters.